The molecular formula is C24H18Cl2FN5O3. The maximum Gasteiger partial charge on any atom is 0.232 e. The number of nitrogens with zero attached hydrogens (tertiary/aromatic N) is 4. The van der Waals surface area contributed by atoms with Gasteiger partial charge in [0.05, 0.1) is 28.8 Å². The molecule has 4 heterocycles. The van der Waals surface area contributed by atoms with Gasteiger partial charge in [0.15, 0.2) is 11.6 Å². The summed E-state index contributed by atoms with van der Waals surface area (Å²) in [5.74, 6) is -0.355. The van der Waals surface area contributed by atoms with Gasteiger partial charge in [0.2, 0.25) is 5.88 Å². The van der Waals surface area contributed by atoms with E-state index in [0.717, 1.165) is 6.42 Å². The summed E-state index contributed by atoms with van der Waals surface area (Å²) in [5.41, 5.74) is 2.27. The third kappa shape index (κ3) is 4.60. The molecular weight excluding hydrogens is 496 g/mol. The van der Waals surface area contributed by atoms with Crippen LogP contribution in [0.4, 0.5) is 4.39 Å². The second-order valence-electron chi connectivity index (χ2n) is 7.97. The van der Waals surface area contributed by atoms with Crippen molar-refractivity contribution in [3.05, 3.63) is 63.8 Å². The van der Waals surface area contributed by atoms with Gasteiger partial charge in [-0.15, -0.1) is 0 Å². The average Bonchev–Trinajstić information content (AvgIpc) is 3.49. The molecule has 35 heavy (non-hydrogen) atoms. The van der Waals surface area contributed by atoms with Gasteiger partial charge in [-0.1, -0.05) is 23.2 Å². The van der Waals surface area contributed by atoms with Crippen LogP contribution in [0.5, 0.6) is 11.6 Å². The number of fused-ring (bicyclic) bond motifs is 1. The van der Waals surface area contributed by atoms with Crippen molar-refractivity contribution in [2.45, 2.75) is 25.6 Å². The van der Waals surface area contributed by atoms with E-state index in [2.05, 4.69) is 26.2 Å². The Morgan fingerprint density at radius 3 is 2.74 bits per heavy atom. The van der Waals surface area contributed by atoms with Crippen LogP contribution >= 0.6 is 23.2 Å². The molecule has 5 rings (SSSR count). The Kier molecular flexibility index (Phi) is 6.43. The van der Waals surface area contributed by atoms with E-state index < -0.39 is 11.9 Å². The number of nitrogens with one attached hydrogen (secondary N) is 1. The van der Waals surface area contributed by atoms with Gasteiger partial charge in [0.1, 0.15) is 29.5 Å². The lowest BCUT2D eigenvalue weighted by atomic mass is 10.1. The van der Waals surface area contributed by atoms with Crippen LogP contribution in [0.15, 0.2) is 36.8 Å². The molecule has 1 aromatic carbocycles. The predicted molar refractivity (Wildman–Crippen MR) is 127 cm³/mol. The van der Waals surface area contributed by atoms with Gasteiger partial charge >= 0.3 is 0 Å². The molecule has 1 aliphatic rings. The van der Waals surface area contributed by atoms with Crippen molar-refractivity contribution < 1.29 is 18.6 Å². The quantitative estimate of drug-likeness (QED) is 0.355. The van der Waals surface area contributed by atoms with Gasteiger partial charge in [-0.05, 0) is 19.1 Å². The van der Waals surface area contributed by atoms with E-state index in [-0.39, 0.29) is 23.3 Å². The predicted octanol–water partition coefficient (Wildman–Crippen LogP) is 5.65. The van der Waals surface area contributed by atoms with E-state index >= 15 is 0 Å². The third-order valence-electron chi connectivity index (χ3n) is 5.63. The lowest BCUT2D eigenvalue weighted by molar-refractivity contribution is 0.138. The first-order valence-corrected chi connectivity index (χ1v) is 11.5. The van der Waals surface area contributed by atoms with Crippen LogP contribution in [-0.2, 0) is 4.74 Å². The Bertz CT molecular complexity index is 1430. The van der Waals surface area contributed by atoms with E-state index in [1.54, 1.807) is 19.2 Å². The fourth-order valence-corrected chi connectivity index (χ4v) is 4.58. The largest absolute Gasteiger partial charge is 0.483 e. The van der Waals surface area contributed by atoms with E-state index in [1.165, 1.54) is 24.5 Å². The summed E-state index contributed by atoms with van der Waals surface area (Å²) in [6.45, 7) is 2.79. The Labute approximate surface area is 209 Å². The van der Waals surface area contributed by atoms with Gasteiger partial charge in [-0.3, -0.25) is 10.1 Å². The molecule has 1 N–H and O–H groups in total. The van der Waals surface area contributed by atoms with E-state index in [9.17, 15) is 9.65 Å². The minimum absolute atomic E-state index is 0.00810. The first-order chi connectivity index (χ1) is 16.9. The van der Waals surface area contributed by atoms with Gasteiger partial charge in [-0.25, -0.2) is 9.37 Å². The molecule has 3 aromatic heterocycles. The average molecular weight is 514 g/mol. The van der Waals surface area contributed by atoms with Gasteiger partial charge in [0.25, 0.3) is 0 Å². The van der Waals surface area contributed by atoms with Crippen molar-refractivity contribution in [3.63, 3.8) is 0 Å². The van der Waals surface area contributed by atoms with Crippen molar-refractivity contribution in [2.75, 3.05) is 13.2 Å². The zero-order chi connectivity index (χ0) is 24.5. The Morgan fingerprint density at radius 1 is 1.23 bits per heavy atom. The standard InChI is InChI=1S/C24H18Cl2FN5O3/c1-12(22-17(25)9-29-10-18(22)26)34-21-5-16-20(6-19(21)27)31-32-23(16)14-4-13(7-28)24(30-8-14)35-15-2-3-33-11-15/h4-6,8-10,12,15H,2-3,11H2,1H3,(H,31,32)/t12-,15-/m1/s1. The van der Waals surface area contributed by atoms with Crippen LogP contribution in [-0.4, -0.2) is 39.5 Å². The smallest absolute Gasteiger partial charge is 0.232 e. The summed E-state index contributed by atoms with van der Waals surface area (Å²) in [7, 11) is 0. The first-order valence-electron chi connectivity index (χ1n) is 10.7. The summed E-state index contributed by atoms with van der Waals surface area (Å²) < 4.78 is 31.9. The van der Waals surface area contributed by atoms with Crippen molar-refractivity contribution in [3.8, 4) is 29.0 Å². The Morgan fingerprint density at radius 2 is 2.03 bits per heavy atom. The molecule has 0 unspecified atom stereocenters. The molecule has 2 atom stereocenters. The van der Waals surface area contributed by atoms with Crippen LogP contribution in [0.3, 0.4) is 0 Å². The SMILES string of the molecule is C[C@@H](Oc1cc2c(-c3cnc(O[C@@H]4CCOC4)c(C#N)c3)n[nH]c2cc1F)c1c(Cl)cncc1Cl. The van der Waals surface area contributed by atoms with Gasteiger partial charge in [-0.2, -0.15) is 10.4 Å². The molecule has 0 amide bonds. The number of aromatic nitrogens is 4. The number of benzene rings is 1. The number of hydrogen-bond acceptors (Lipinski definition) is 7. The van der Waals surface area contributed by atoms with Crippen molar-refractivity contribution >= 4 is 34.1 Å². The zero-order valence-corrected chi connectivity index (χ0v) is 19.9. The van der Waals surface area contributed by atoms with E-state index in [0.29, 0.717) is 51.0 Å². The number of rotatable bonds is 6. The van der Waals surface area contributed by atoms with Gasteiger partial charge in [0, 0.05) is 47.6 Å². The van der Waals surface area contributed by atoms with Crippen LogP contribution in [0.1, 0.15) is 30.6 Å². The summed E-state index contributed by atoms with van der Waals surface area (Å²) in [5, 5.41) is 18.0. The molecule has 0 bridgehead atoms. The molecule has 1 aliphatic heterocycles. The number of H-pyrrole nitrogens is 1. The molecule has 0 aliphatic carbocycles. The number of aromatic amines is 1. The summed E-state index contributed by atoms with van der Waals surface area (Å²) >= 11 is 12.4. The lowest BCUT2D eigenvalue weighted by Crippen LogP contribution is -2.17. The minimum atomic E-state index is -0.650. The molecule has 8 nitrogen and oxygen atoms in total. The highest BCUT2D eigenvalue weighted by molar-refractivity contribution is 6.35. The fourth-order valence-electron chi connectivity index (χ4n) is 3.91. The second-order valence-corrected chi connectivity index (χ2v) is 8.78. The molecule has 178 valence electrons. The van der Waals surface area contributed by atoms with Crippen molar-refractivity contribution in [1.82, 2.24) is 20.2 Å². The number of pyridine rings is 2. The fraction of sp³-hybridized carbons (Fsp3) is 0.250. The zero-order valence-electron chi connectivity index (χ0n) is 18.4. The number of hydrogen-bond donors (Lipinski definition) is 1. The number of ether oxygens (including phenoxy) is 3. The monoisotopic (exact) mass is 513 g/mol. The van der Waals surface area contributed by atoms with Crippen LogP contribution in [0, 0.1) is 17.1 Å². The maximum absolute atomic E-state index is 14.8. The Hall–Kier alpha value is -3.45. The Balaban J connectivity index is 1.48. The highest BCUT2D eigenvalue weighted by Gasteiger charge is 2.22. The molecule has 0 radical (unpaired) electrons. The molecule has 0 spiro atoms. The lowest BCUT2D eigenvalue weighted by Gasteiger charge is -2.18. The van der Waals surface area contributed by atoms with E-state index in [1.807, 2.05) is 0 Å². The van der Waals surface area contributed by atoms with Crippen LogP contribution in [0.2, 0.25) is 10.0 Å². The first kappa shape index (κ1) is 23.3. The minimum Gasteiger partial charge on any atom is -0.483 e. The van der Waals surface area contributed by atoms with E-state index in [4.69, 9.17) is 37.4 Å². The topological polar surface area (TPSA) is 106 Å². The second kappa shape index (κ2) is 9.66. The third-order valence-corrected chi connectivity index (χ3v) is 6.23. The summed E-state index contributed by atoms with van der Waals surface area (Å²) in [6.07, 6.45) is 4.40. The normalized spacial score (nSPS) is 16.3. The van der Waals surface area contributed by atoms with Crippen LogP contribution in [0.25, 0.3) is 22.2 Å². The van der Waals surface area contributed by atoms with Crippen LogP contribution < -0.4 is 9.47 Å². The highest BCUT2D eigenvalue weighted by atomic mass is 35.5. The summed E-state index contributed by atoms with van der Waals surface area (Å²) in [4.78, 5) is 8.26. The molecule has 1 fully saturated rings. The van der Waals surface area contributed by atoms with Crippen molar-refractivity contribution in [2.24, 2.45) is 0 Å². The van der Waals surface area contributed by atoms with Crippen molar-refractivity contribution in [1.29, 1.82) is 5.26 Å². The maximum atomic E-state index is 14.8. The van der Waals surface area contributed by atoms with Gasteiger partial charge < -0.3 is 14.2 Å². The summed E-state index contributed by atoms with van der Waals surface area (Å²) in [6, 6.07) is 6.58. The number of halogens is 3. The molecule has 0 saturated carbocycles. The molecule has 11 heteroatoms. The molecule has 1 saturated heterocycles. The highest BCUT2D eigenvalue weighted by Crippen LogP contribution is 2.36. The molecule has 4 aromatic rings. The number of nitriles is 1.